The lowest BCUT2D eigenvalue weighted by atomic mass is 10.1. The molecular formula is C22H23N5OS. The Labute approximate surface area is 173 Å². The number of para-hydroxylation sites is 1. The fourth-order valence-corrected chi connectivity index (χ4v) is 4.06. The third-order valence-corrected chi connectivity index (χ3v) is 5.52. The molecule has 2 aromatic heterocycles. The number of benzene rings is 2. The van der Waals surface area contributed by atoms with Gasteiger partial charge in [0, 0.05) is 13.0 Å². The van der Waals surface area contributed by atoms with Gasteiger partial charge in [-0.1, -0.05) is 68.1 Å². The Morgan fingerprint density at radius 3 is 2.59 bits per heavy atom. The van der Waals surface area contributed by atoms with E-state index in [0.29, 0.717) is 28.4 Å². The summed E-state index contributed by atoms with van der Waals surface area (Å²) in [6.45, 7) is 5.21. The van der Waals surface area contributed by atoms with Crippen molar-refractivity contribution in [1.29, 1.82) is 0 Å². The molecule has 0 amide bonds. The van der Waals surface area contributed by atoms with E-state index in [-0.39, 0.29) is 5.56 Å². The molecule has 0 saturated heterocycles. The van der Waals surface area contributed by atoms with Crippen LogP contribution in [0, 0.1) is 5.92 Å². The fourth-order valence-electron chi connectivity index (χ4n) is 3.22. The van der Waals surface area contributed by atoms with Crippen LogP contribution in [0.2, 0.25) is 0 Å². The predicted octanol–water partition coefficient (Wildman–Crippen LogP) is 4.05. The summed E-state index contributed by atoms with van der Waals surface area (Å²) in [6, 6.07) is 17.7. The second kappa shape index (κ2) is 8.61. The summed E-state index contributed by atoms with van der Waals surface area (Å²) in [6.07, 6.45) is 0.742. The van der Waals surface area contributed by atoms with E-state index in [9.17, 15) is 4.79 Å². The fraction of sp³-hybridized carbons (Fsp3) is 0.273. The number of rotatable bonds is 7. The van der Waals surface area contributed by atoms with Gasteiger partial charge < -0.3 is 9.55 Å². The lowest BCUT2D eigenvalue weighted by Crippen LogP contribution is -2.12. The van der Waals surface area contributed by atoms with Crippen LogP contribution >= 0.6 is 11.8 Å². The van der Waals surface area contributed by atoms with Gasteiger partial charge in [-0.05, 0) is 23.6 Å². The van der Waals surface area contributed by atoms with E-state index < -0.39 is 0 Å². The first-order valence-electron chi connectivity index (χ1n) is 9.67. The third-order valence-electron chi connectivity index (χ3n) is 4.55. The smallest absolute Gasteiger partial charge is 0.258 e. The van der Waals surface area contributed by atoms with E-state index in [4.69, 9.17) is 0 Å². The highest BCUT2D eigenvalue weighted by atomic mass is 32.2. The van der Waals surface area contributed by atoms with Crippen molar-refractivity contribution >= 4 is 22.7 Å². The zero-order valence-corrected chi connectivity index (χ0v) is 17.3. The second-order valence-electron chi connectivity index (χ2n) is 7.38. The largest absolute Gasteiger partial charge is 0.309 e. The molecule has 2 aromatic carbocycles. The molecule has 29 heavy (non-hydrogen) atoms. The first-order chi connectivity index (χ1) is 14.1. The van der Waals surface area contributed by atoms with Crippen molar-refractivity contribution in [3.05, 3.63) is 82.2 Å². The quantitative estimate of drug-likeness (QED) is 0.469. The van der Waals surface area contributed by atoms with Gasteiger partial charge in [-0.15, -0.1) is 10.2 Å². The molecule has 0 spiro atoms. The minimum absolute atomic E-state index is 0.111. The Bertz CT molecular complexity index is 1170. The van der Waals surface area contributed by atoms with E-state index in [1.165, 1.54) is 5.56 Å². The molecule has 148 valence electrons. The van der Waals surface area contributed by atoms with Crippen LogP contribution < -0.4 is 5.56 Å². The van der Waals surface area contributed by atoms with Gasteiger partial charge in [0.1, 0.15) is 11.6 Å². The normalized spacial score (nSPS) is 11.4. The highest BCUT2D eigenvalue weighted by Crippen LogP contribution is 2.23. The van der Waals surface area contributed by atoms with Gasteiger partial charge in [0.2, 0.25) is 0 Å². The van der Waals surface area contributed by atoms with Gasteiger partial charge in [-0.2, -0.15) is 0 Å². The molecule has 0 unspecified atom stereocenters. The molecule has 4 rings (SSSR count). The molecule has 6 nitrogen and oxygen atoms in total. The molecule has 0 aliphatic rings. The summed E-state index contributed by atoms with van der Waals surface area (Å²) in [7, 11) is 0. The van der Waals surface area contributed by atoms with Gasteiger partial charge in [-0.25, -0.2) is 4.98 Å². The Morgan fingerprint density at radius 1 is 1.03 bits per heavy atom. The Balaban J connectivity index is 1.57. The van der Waals surface area contributed by atoms with Crippen molar-refractivity contribution in [2.75, 3.05) is 0 Å². The zero-order valence-electron chi connectivity index (χ0n) is 16.5. The number of fused-ring (bicyclic) bond motifs is 1. The van der Waals surface area contributed by atoms with Gasteiger partial charge >= 0.3 is 0 Å². The third kappa shape index (κ3) is 4.56. The molecule has 1 N–H and O–H groups in total. The van der Waals surface area contributed by atoms with Crippen molar-refractivity contribution in [1.82, 2.24) is 24.7 Å². The molecule has 0 aliphatic carbocycles. The van der Waals surface area contributed by atoms with E-state index in [0.717, 1.165) is 23.9 Å². The van der Waals surface area contributed by atoms with E-state index >= 15 is 0 Å². The summed E-state index contributed by atoms with van der Waals surface area (Å²) in [5.74, 6) is 2.59. The molecule has 0 radical (unpaired) electrons. The SMILES string of the molecule is CC(C)Cn1c(Cc2ccccc2)nnc1SCc1nc2ccccc2c(=O)[nH]1. The number of nitrogens with one attached hydrogen (secondary N) is 1. The van der Waals surface area contributed by atoms with Crippen LogP contribution in [-0.2, 0) is 18.7 Å². The molecule has 4 aromatic rings. The van der Waals surface area contributed by atoms with E-state index in [1.807, 2.05) is 36.4 Å². The van der Waals surface area contributed by atoms with E-state index in [1.54, 1.807) is 17.8 Å². The number of H-pyrrole nitrogens is 1. The van der Waals surface area contributed by atoms with Crippen LogP contribution in [-0.4, -0.2) is 24.7 Å². The Kier molecular flexibility index (Phi) is 5.76. The maximum atomic E-state index is 12.3. The Hall–Kier alpha value is -2.93. The first kappa shape index (κ1) is 19.4. The standard InChI is InChI=1S/C22H23N5OS/c1-15(2)13-27-20(12-16-8-4-3-5-9-16)25-26-22(27)29-14-19-23-18-11-7-6-10-17(18)21(28)24-19/h3-11,15H,12-14H2,1-2H3,(H,23,24,28). The van der Waals surface area contributed by atoms with Crippen molar-refractivity contribution in [2.45, 2.75) is 37.7 Å². The number of hydrogen-bond donors (Lipinski definition) is 1. The van der Waals surface area contributed by atoms with Gasteiger partial charge in [-0.3, -0.25) is 4.79 Å². The second-order valence-corrected chi connectivity index (χ2v) is 8.33. The topological polar surface area (TPSA) is 76.5 Å². The highest BCUT2D eigenvalue weighted by molar-refractivity contribution is 7.98. The molecule has 7 heteroatoms. The summed E-state index contributed by atoms with van der Waals surface area (Å²) in [5, 5.41) is 10.3. The first-order valence-corrected chi connectivity index (χ1v) is 10.7. The molecule has 0 aliphatic heterocycles. The summed E-state index contributed by atoms with van der Waals surface area (Å²) < 4.78 is 2.18. The van der Waals surface area contributed by atoms with Crippen LogP contribution in [0.3, 0.4) is 0 Å². The molecular weight excluding hydrogens is 382 g/mol. The Morgan fingerprint density at radius 2 is 1.79 bits per heavy atom. The van der Waals surface area contributed by atoms with Crippen LogP contribution in [0.15, 0.2) is 64.5 Å². The molecule has 0 atom stereocenters. The van der Waals surface area contributed by atoms with Crippen molar-refractivity contribution in [2.24, 2.45) is 5.92 Å². The van der Waals surface area contributed by atoms with Crippen LogP contribution in [0.5, 0.6) is 0 Å². The van der Waals surface area contributed by atoms with Crippen molar-refractivity contribution in [3.63, 3.8) is 0 Å². The van der Waals surface area contributed by atoms with Gasteiger partial charge in [0.15, 0.2) is 5.16 Å². The number of thioether (sulfide) groups is 1. The minimum atomic E-state index is -0.111. The zero-order chi connectivity index (χ0) is 20.2. The predicted molar refractivity (Wildman–Crippen MR) is 116 cm³/mol. The van der Waals surface area contributed by atoms with Gasteiger partial charge in [0.25, 0.3) is 5.56 Å². The summed E-state index contributed by atoms with van der Waals surface area (Å²) >= 11 is 1.55. The summed E-state index contributed by atoms with van der Waals surface area (Å²) in [5.41, 5.74) is 1.81. The average Bonchev–Trinajstić information content (AvgIpc) is 3.08. The lowest BCUT2D eigenvalue weighted by molar-refractivity contribution is 0.482. The van der Waals surface area contributed by atoms with Crippen LogP contribution in [0.25, 0.3) is 10.9 Å². The average molecular weight is 406 g/mol. The summed E-state index contributed by atoms with van der Waals surface area (Å²) in [4.78, 5) is 19.8. The van der Waals surface area contributed by atoms with Crippen LogP contribution in [0.1, 0.15) is 31.1 Å². The molecule has 0 saturated carbocycles. The number of hydrogen-bond acceptors (Lipinski definition) is 5. The molecule has 0 bridgehead atoms. The van der Waals surface area contributed by atoms with Crippen molar-refractivity contribution in [3.8, 4) is 0 Å². The highest BCUT2D eigenvalue weighted by Gasteiger charge is 2.15. The maximum Gasteiger partial charge on any atom is 0.258 e. The molecule has 0 fully saturated rings. The minimum Gasteiger partial charge on any atom is -0.309 e. The van der Waals surface area contributed by atoms with Gasteiger partial charge in [0.05, 0.1) is 16.7 Å². The monoisotopic (exact) mass is 405 g/mol. The number of aromatic amines is 1. The molecule has 2 heterocycles. The number of nitrogens with zero attached hydrogens (tertiary/aromatic N) is 4. The van der Waals surface area contributed by atoms with E-state index in [2.05, 4.69) is 50.7 Å². The number of aromatic nitrogens is 5. The van der Waals surface area contributed by atoms with Crippen molar-refractivity contribution < 1.29 is 0 Å². The van der Waals surface area contributed by atoms with Crippen LogP contribution in [0.4, 0.5) is 0 Å². The maximum absolute atomic E-state index is 12.3. The lowest BCUT2D eigenvalue weighted by Gasteiger charge is -2.12.